The number of rotatable bonds is 5. The Morgan fingerprint density at radius 2 is 2.25 bits per heavy atom. The molecule has 110 valence electrons. The summed E-state index contributed by atoms with van der Waals surface area (Å²) < 4.78 is 0. The standard InChI is InChI=1S/C15H23N3O2/c1-12-6-7-14(18(19)20)15(11-12)17-10-4-3-5-13(17)8-9-16-2/h6-7,11,13,16H,3-5,8-10H2,1-2H3. The highest BCUT2D eigenvalue weighted by molar-refractivity contribution is 5.65. The maximum atomic E-state index is 11.3. The van der Waals surface area contributed by atoms with Crippen LogP contribution in [0.5, 0.6) is 0 Å². The van der Waals surface area contributed by atoms with Crippen molar-refractivity contribution in [3.63, 3.8) is 0 Å². The molecule has 1 atom stereocenters. The number of hydrogen-bond acceptors (Lipinski definition) is 4. The molecule has 1 saturated heterocycles. The van der Waals surface area contributed by atoms with Gasteiger partial charge in [0.1, 0.15) is 5.69 Å². The second-order valence-electron chi connectivity index (χ2n) is 5.48. The molecule has 1 N–H and O–H groups in total. The third-order valence-corrected chi connectivity index (χ3v) is 3.99. The van der Waals surface area contributed by atoms with Crippen LogP contribution in [0.2, 0.25) is 0 Å². The van der Waals surface area contributed by atoms with Crippen LogP contribution in [0.15, 0.2) is 18.2 Å². The lowest BCUT2D eigenvalue weighted by Gasteiger charge is -2.37. The maximum Gasteiger partial charge on any atom is 0.292 e. The Labute approximate surface area is 120 Å². The molecule has 20 heavy (non-hydrogen) atoms. The van der Waals surface area contributed by atoms with Crippen molar-refractivity contribution in [1.29, 1.82) is 0 Å². The first-order chi connectivity index (χ1) is 9.63. The monoisotopic (exact) mass is 277 g/mol. The van der Waals surface area contributed by atoms with Crippen molar-refractivity contribution in [2.24, 2.45) is 0 Å². The molecule has 1 fully saturated rings. The molecule has 1 unspecified atom stereocenters. The molecule has 5 heteroatoms. The lowest BCUT2D eigenvalue weighted by molar-refractivity contribution is -0.384. The van der Waals surface area contributed by atoms with E-state index in [2.05, 4.69) is 10.2 Å². The molecule has 1 aromatic carbocycles. The Hall–Kier alpha value is -1.62. The highest BCUT2D eigenvalue weighted by atomic mass is 16.6. The van der Waals surface area contributed by atoms with Gasteiger partial charge in [-0.2, -0.15) is 0 Å². The Kier molecular flexibility index (Phi) is 4.95. The zero-order chi connectivity index (χ0) is 14.5. The topological polar surface area (TPSA) is 58.4 Å². The largest absolute Gasteiger partial charge is 0.363 e. The first-order valence-corrected chi connectivity index (χ1v) is 7.29. The molecule has 0 aliphatic carbocycles. The molecule has 1 heterocycles. The van der Waals surface area contributed by atoms with E-state index < -0.39 is 0 Å². The predicted octanol–water partition coefficient (Wildman–Crippen LogP) is 2.87. The smallest absolute Gasteiger partial charge is 0.292 e. The summed E-state index contributed by atoms with van der Waals surface area (Å²) in [5.74, 6) is 0. The van der Waals surface area contributed by atoms with Crippen LogP contribution in [-0.2, 0) is 0 Å². The molecule has 0 aromatic heterocycles. The van der Waals surface area contributed by atoms with Crippen LogP contribution in [0, 0.1) is 17.0 Å². The van der Waals surface area contributed by atoms with Crippen molar-refractivity contribution in [2.75, 3.05) is 25.0 Å². The van der Waals surface area contributed by atoms with Gasteiger partial charge in [-0.25, -0.2) is 0 Å². The summed E-state index contributed by atoms with van der Waals surface area (Å²) in [5.41, 5.74) is 2.09. The molecule has 5 nitrogen and oxygen atoms in total. The molecule has 0 bridgehead atoms. The Balaban J connectivity index is 2.31. The van der Waals surface area contributed by atoms with E-state index in [1.807, 2.05) is 26.1 Å². The zero-order valence-electron chi connectivity index (χ0n) is 12.3. The highest BCUT2D eigenvalue weighted by Crippen LogP contribution is 2.34. The van der Waals surface area contributed by atoms with Crippen LogP contribution in [0.4, 0.5) is 11.4 Å². The molecular weight excluding hydrogens is 254 g/mol. The number of benzene rings is 1. The summed E-state index contributed by atoms with van der Waals surface area (Å²) in [6.07, 6.45) is 4.47. The molecule has 0 saturated carbocycles. The maximum absolute atomic E-state index is 11.3. The minimum atomic E-state index is -0.265. The number of nitro groups is 1. The lowest BCUT2D eigenvalue weighted by atomic mass is 9.97. The minimum absolute atomic E-state index is 0.229. The SMILES string of the molecule is CNCCC1CCCCN1c1cc(C)ccc1[N+](=O)[O-]. The number of aryl methyl sites for hydroxylation is 1. The highest BCUT2D eigenvalue weighted by Gasteiger charge is 2.27. The van der Waals surface area contributed by atoms with Crippen molar-refractivity contribution in [1.82, 2.24) is 5.32 Å². The predicted molar refractivity (Wildman–Crippen MR) is 81.4 cm³/mol. The second kappa shape index (κ2) is 6.70. The van der Waals surface area contributed by atoms with Crippen LogP contribution in [0.25, 0.3) is 0 Å². The van der Waals surface area contributed by atoms with Crippen molar-refractivity contribution >= 4 is 11.4 Å². The number of nitro benzene ring substituents is 1. The number of nitrogens with one attached hydrogen (secondary N) is 1. The van der Waals surface area contributed by atoms with E-state index in [4.69, 9.17) is 0 Å². The molecule has 0 radical (unpaired) electrons. The molecule has 0 spiro atoms. The van der Waals surface area contributed by atoms with Crippen LogP contribution in [-0.4, -0.2) is 31.1 Å². The van der Waals surface area contributed by atoms with E-state index in [1.54, 1.807) is 6.07 Å². The average Bonchev–Trinajstić information content (AvgIpc) is 2.45. The van der Waals surface area contributed by atoms with Gasteiger partial charge in [0.05, 0.1) is 4.92 Å². The number of hydrogen-bond donors (Lipinski definition) is 1. The summed E-state index contributed by atoms with van der Waals surface area (Å²) >= 11 is 0. The normalized spacial score (nSPS) is 19.1. The molecular formula is C15H23N3O2. The van der Waals surface area contributed by atoms with E-state index in [1.165, 1.54) is 6.42 Å². The Morgan fingerprint density at radius 1 is 1.45 bits per heavy atom. The molecule has 1 aliphatic rings. The Morgan fingerprint density at radius 3 is 2.95 bits per heavy atom. The van der Waals surface area contributed by atoms with E-state index >= 15 is 0 Å². The average molecular weight is 277 g/mol. The number of nitrogens with zero attached hydrogens (tertiary/aromatic N) is 2. The third-order valence-electron chi connectivity index (χ3n) is 3.99. The van der Waals surface area contributed by atoms with Crippen molar-refractivity contribution in [3.8, 4) is 0 Å². The molecule has 0 amide bonds. The van der Waals surface area contributed by atoms with E-state index in [-0.39, 0.29) is 10.6 Å². The molecule has 1 aliphatic heterocycles. The van der Waals surface area contributed by atoms with Crippen LogP contribution < -0.4 is 10.2 Å². The van der Waals surface area contributed by atoms with Crippen molar-refractivity contribution in [2.45, 2.75) is 38.6 Å². The number of anilines is 1. The fourth-order valence-electron chi connectivity index (χ4n) is 2.95. The summed E-state index contributed by atoms with van der Waals surface area (Å²) in [5, 5.41) is 14.4. The first-order valence-electron chi connectivity index (χ1n) is 7.29. The second-order valence-corrected chi connectivity index (χ2v) is 5.48. The van der Waals surface area contributed by atoms with Crippen LogP contribution in [0.3, 0.4) is 0 Å². The van der Waals surface area contributed by atoms with Gasteiger partial charge in [-0.3, -0.25) is 10.1 Å². The quantitative estimate of drug-likeness (QED) is 0.664. The molecule has 1 aromatic rings. The minimum Gasteiger partial charge on any atom is -0.363 e. The zero-order valence-corrected chi connectivity index (χ0v) is 12.3. The van der Waals surface area contributed by atoms with Gasteiger partial charge < -0.3 is 10.2 Å². The van der Waals surface area contributed by atoms with Gasteiger partial charge in [-0.15, -0.1) is 0 Å². The first kappa shape index (κ1) is 14.8. The summed E-state index contributed by atoms with van der Waals surface area (Å²) in [7, 11) is 1.95. The van der Waals surface area contributed by atoms with Gasteiger partial charge in [0.2, 0.25) is 0 Å². The van der Waals surface area contributed by atoms with E-state index in [0.29, 0.717) is 6.04 Å². The molecule has 2 rings (SSSR count). The third kappa shape index (κ3) is 3.28. The van der Waals surface area contributed by atoms with Gasteiger partial charge in [-0.05, 0) is 57.8 Å². The lowest BCUT2D eigenvalue weighted by Crippen LogP contribution is -2.41. The van der Waals surface area contributed by atoms with Crippen LogP contribution >= 0.6 is 0 Å². The van der Waals surface area contributed by atoms with E-state index in [9.17, 15) is 10.1 Å². The van der Waals surface area contributed by atoms with Gasteiger partial charge in [0.15, 0.2) is 0 Å². The summed E-state index contributed by atoms with van der Waals surface area (Å²) in [6, 6.07) is 5.80. The van der Waals surface area contributed by atoms with Crippen molar-refractivity contribution in [3.05, 3.63) is 33.9 Å². The van der Waals surface area contributed by atoms with Gasteiger partial charge in [0.25, 0.3) is 5.69 Å². The Bertz CT molecular complexity index is 476. The van der Waals surface area contributed by atoms with Gasteiger partial charge in [0, 0.05) is 18.7 Å². The van der Waals surface area contributed by atoms with Gasteiger partial charge >= 0.3 is 0 Å². The van der Waals surface area contributed by atoms with E-state index in [0.717, 1.165) is 43.6 Å². The van der Waals surface area contributed by atoms with Crippen molar-refractivity contribution < 1.29 is 4.92 Å². The van der Waals surface area contributed by atoms with Gasteiger partial charge in [-0.1, -0.05) is 6.07 Å². The number of piperidine rings is 1. The van der Waals surface area contributed by atoms with Crippen LogP contribution in [0.1, 0.15) is 31.2 Å². The summed E-state index contributed by atoms with van der Waals surface area (Å²) in [6.45, 7) is 3.85. The fraction of sp³-hybridized carbons (Fsp3) is 0.600. The summed E-state index contributed by atoms with van der Waals surface area (Å²) in [4.78, 5) is 13.2. The fourth-order valence-corrected chi connectivity index (χ4v) is 2.95.